The summed E-state index contributed by atoms with van der Waals surface area (Å²) >= 11 is 5.40. The average Bonchev–Trinajstić information content (AvgIpc) is 3.26. The molecule has 0 aliphatic heterocycles. The Morgan fingerprint density at radius 1 is 0.522 bits per heavy atom. The lowest BCUT2D eigenvalue weighted by Gasteiger charge is -2.06. The van der Waals surface area contributed by atoms with Gasteiger partial charge in [0.05, 0.1) is 0 Å². The zero-order chi connectivity index (χ0) is 15.5. The molecule has 0 spiro atoms. The minimum absolute atomic E-state index is 1.28. The van der Waals surface area contributed by atoms with E-state index in [-0.39, 0.29) is 0 Å². The van der Waals surface area contributed by atoms with Gasteiger partial charge < -0.3 is 0 Å². The number of thiophene rings is 2. The van der Waals surface area contributed by atoms with E-state index < -0.39 is 0 Å². The van der Waals surface area contributed by atoms with Crippen LogP contribution in [0.25, 0.3) is 22.3 Å². The molecule has 0 radical (unpaired) electrons. The van der Waals surface area contributed by atoms with Gasteiger partial charge in [0.15, 0.2) is 0 Å². The third kappa shape index (κ3) is 3.13. The van der Waals surface area contributed by atoms with Crippen molar-refractivity contribution >= 4 is 34.4 Å². The molecule has 0 fully saturated rings. The van der Waals surface area contributed by atoms with Crippen molar-refractivity contribution in [2.75, 3.05) is 0 Å². The van der Waals surface area contributed by atoms with Gasteiger partial charge in [-0.25, -0.2) is 0 Å². The Morgan fingerprint density at radius 3 is 1.39 bits per heavy atom. The van der Waals surface area contributed by atoms with Crippen molar-refractivity contribution in [1.29, 1.82) is 0 Å². The Morgan fingerprint density at radius 2 is 0.957 bits per heavy atom. The minimum Gasteiger partial charge on any atom is -0.151 e. The molecule has 23 heavy (non-hydrogen) atoms. The van der Waals surface area contributed by atoms with Gasteiger partial charge in [0.1, 0.15) is 0 Å². The van der Waals surface area contributed by atoms with Crippen molar-refractivity contribution < 1.29 is 0 Å². The maximum atomic E-state index is 2.25. The molecule has 0 atom stereocenters. The molecule has 0 saturated heterocycles. The van der Waals surface area contributed by atoms with Crippen molar-refractivity contribution in [3.8, 4) is 22.3 Å². The molecule has 2 aromatic carbocycles. The van der Waals surface area contributed by atoms with E-state index in [9.17, 15) is 0 Å². The number of hydrogen-bond acceptors (Lipinski definition) is 3. The summed E-state index contributed by atoms with van der Waals surface area (Å²) in [6, 6.07) is 21.2. The molecule has 3 heteroatoms. The van der Waals surface area contributed by atoms with Gasteiger partial charge in [-0.05, 0) is 21.9 Å². The normalized spacial score (nSPS) is 10.8. The van der Waals surface area contributed by atoms with Crippen LogP contribution in [-0.2, 0) is 0 Å². The third-order valence-electron chi connectivity index (χ3n) is 3.64. The fraction of sp³-hybridized carbons (Fsp3) is 0. The van der Waals surface area contributed by atoms with Crippen molar-refractivity contribution in [3.05, 3.63) is 82.2 Å². The zero-order valence-electron chi connectivity index (χ0n) is 12.3. The number of hydrogen-bond donors (Lipinski definition) is 0. The van der Waals surface area contributed by atoms with Gasteiger partial charge in [0.25, 0.3) is 0 Å². The molecule has 0 nitrogen and oxygen atoms in total. The van der Waals surface area contributed by atoms with Crippen LogP contribution in [0.15, 0.2) is 92.0 Å². The van der Waals surface area contributed by atoms with Crippen LogP contribution in [0.3, 0.4) is 0 Å². The topological polar surface area (TPSA) is 0 Å². The first-order valence-electron chi connectivity index (χ1n) is 7.33. The lowest BCUT2D eigenvalue weighted by Crippen LogP contribution is -1.79. The first-order valence-corrected chi connectivity index (χ1v) is 10.0. The highest BCUT2D eigenvalue weighted by molar-refractivity contribution is 7.99. The lowest BCUT2D eigenvalue weighted by atomic mass is 10.1. The van der Waals surface area contributed by atoms with Gasteiger partial charge in [-0.1, -0.05) is 72.4 Å². The van der Waals surface area contributed by atoms with Crippen molar-refractivity contribution in [2.45, 2.75) is 9.79 Å². The molecule has 0 amide bonds. The average molecular weight is 351 g/mol. The summed E-state index contributed by atoms with van der Waals surface area (Å²) in [5.41, 5.74) is 5.22. The van der Waals surface area contributed by atoms with Crippen LogP contribution in [-0.4, -0.2) is 0 Å². The highest BCUT2D eigenvalue weighted by atomic mass is 32.2. The van der Waals surface area contributed by atoms with E-state index >= 15 is 0 Å². The summed E-state index contributed by atoms with van der Waals surface area (Å²) in [7, 11) is 0. The van der Waals surface area contributed by atoms with Gasteiger partial charge in [0.2, 0.25) is 0 Å². The SMILES string of the molecule is c1ccc(-c2cscc2Sc2cscc2-c2ccccc2)cc1. The van der Waals surface area contributed by atoms with E-state index in [4.69, 9.17) is 0 Å². The van der Waals surface area contributed by atoms with Crippen molar-refractivity contribution in [2.24, 2.45) is 0 Å². The summed E-state index contributed by atoms with van der Waals surface area (Å²) in [5.74, 6) is 0. The van der Waals surface area contributed by atoms with Crippen LogP contribution in [0, 0.1) is 0 Å². The number of benzene rings is 2. The fourth-order valence-electron chi connectivity index (χ4n) is 2.50. The molecule has 2 aromatic heterocycles. The first kappa shape index (κ1) is 14.8. The molecule has 0 unspecified atom stereocenters. The van der Waals surface area contributed by atoms with Gasteiger partial charge in [-0.3, -0.25) is 0 Å². The predicted molar refractivity (Wildman–Crippen MR) is 104 cm³/mol. The summed E-state index contributed by atoms with van der Waals surface area (Å²) in [6.07, 6.45) is 0. The van der Waals surface area contributed by atoms with Gasteiger partial charge >= 0.3 is 0 Å². The Balaban J connectivity index is 1.69. The zero-order valence-corrected chi connectivity index (χ0v) is 14.8. The quantitative estimate of drug-likeness (QED) is 0.372. The van der Waals surface area contributed by atoms with E-state index in [1.807, 2.05) is 11.8 Å². The van der Waals surface area contributed by atoms with Gasteiger partial charge in [-0.2, -0.15) is 22.7 Å². The highest BCUT2D eigenvalue weighted by Gasteiger charge is 2.12. The third-order valence-corrected chi connectivity index (χ3v) is 6.54. The second kappa shape index (κ2) is 6.75. The molecule has 0 bridgehead atoms. The minimum atomic E-state index is 1.28. The summed E-state index contributed by atoms with van der Waals surface area (Å²) in [6.45, 7) is 0. The molecule has 0 aliphatic rings. The second-order valence-corrected chi connectivity index (χ2v) is 7.70. The van der Waals surface area contributed by atoms with Crippen molar-refractivity contribution in [3.63, 3.8) is 0 Å². The van der Waals surface area contributed by atoms with Crippen molar-refractivity contribution in [1.82, 2.24) is 0 Å². The summed E-state index contributed by atoms with van der Waals surface area (Å²) < 4.78 is 0. The molecule has 0 saturated carbocycles. The molecular formula is C20H14S3. The smallest absolute Gasteiger partial charge is 0.0308 e. The van der Waals surface area contributed by atoms with Crippen LogP contribution in [0.5, 0.6) is 0 Å². The van der Waals surface area contributed by atoms with E-state index in [1.54, 1.807) is 22.7 Å². The Kier molecular flexibility index (Phi) is 4.33. The molecule has 112 valence electrons. The predicted octanol–water partition coefficient (Wildman–Crippen LogP) is 7.29. The maximum absolute atomic E-state index is 2.25. The van der Waals surface area contributed by atoms with Gasteiger partial charge in [0, 0.05) is 31.7 Å². The highest BCUT2D eigenvalue weighted by Crippen LogP contribution is 2.43. The Bertz CT molecular complexity index is 813. The van der Waals surface area contributed by atoms with Crippen LogP contribution in [0.2, 0.25) is 0 Å². The van der Waals surface area contributed by atoms with Gasteiger partial charge in [-0.15, -0.1) is 0 Å². The maximum Gasteiger partial charge on any atom is 0.0308 e. The summed E-state index contributed by atoms with van der Waals surface area (Å²) in [4.78, 5) is 2.66. The fourth-order valence-corrected chi connectivity index (χ4v) is 5.62. The molecule has 4 rings (SSSR count). The van der Waals surface area contributed by atoms with Crippen LogP contribution >= 0.6 is 34.4 Å². The Hall–Kier alpha value is -1.81. The van der Waals surface area contributed by atoms with E-state index in [2.05, 4.69) is 82.2 Å². The lowest BCUT2D eigenvalue weighted by molar-refractivity contribution is 1.49. The van der Waals surface area contributed by atoms with E-state index in [0.29, 0.717) is 0 Å². The number of rotatable bonds is 4. The Labute approximate surface area is 148 Å². The first-order chi connectivity index (χ1) is 11.4. The molecule has 0 aliphatic carbocycles. The molecule has 4 aromatic rings. The molecule has 2 heterocycles. The standard InChI is InChI=1S/C20H14S3/c1-3-7-15(8-4-1)17-11-21-13-19(17)23-20-14-22-12-18(20)16-9-5-2-6-10-16/h1-14H. The monoisotopic (exact) mass is 350 g/mol. The molecular weight excluding hydrogens is 336 g/mol. The van der Waals surface area contributed by atoms with E-state index in [1.165, 1.54) is 32.0 Å². The second-order valence-electron chi connectivity index (χ2n) is 5.13. The largest absolute Gasteiger partial charge is 0.151 e. The summed E-state index contributed by atoms with van der Waals surface area (Å²) in [5, 5.41) is 8.98. The van der Waals surface area contributed by atoms with Crippen LogP contribution in [0.4, 0.5) is 0 Å². The van der Waals surface area contributed by atoms with E-state index in [0.717, 1.165) is 0 Å². The van der Waals surface area contributed by atoms with Crippen LogP contribution < -0.4 is 0 Å². The van der Waals surface area contributed by atoms with Crippen LogP contribution in [0.1, 0.15) is 0 Å². The molecule has 0 N–H and O–H groups in total.